The number of alkyl halides is 1. The largest absolute Gasteiger partial charge is 0.207 e. The Kier molecular flexibility index (Phi) is 5.25. The maximum atomic E-state index is 13.9. The molecule has 1 atom stereocenters. The first kappa shape index (κ1) is 15.7. The topological polar surface area (TPSA) is 0 Å². The van der Waals surface area contributed by atoms with Gasteiger partial charge < -0.3 is 0 Å². The predicted octanol–water partition coefficient (Wildman–Crippen LogP) is 6.42. The quantitative estimate of drug-likeness (QED) is 0.243. The molecule has 0 aliphatic rings. The van der Waals surface area contributed by atoms with Crippen molar-refractivity contribution in [3.8, 4) is 0 Å². The molecule has 0 bridgehead atoms. The summed E-state index contributed by atoms with van der Waals surface area (Å²) < 4.78 is 29.2. The molecule has 0 N–H and O–H groups in total. The van der Waals surface area contributed by atoms with Crippen LogP contribution in [0.1, 0.15) is 16.5 Å². The molecule has 0 aliphatic carbocycles. The second-order valence-corrected chi connectivity index (χ2v) is 7.21. The van der Waals surface area contributed by atoms with E-state index in [9.17, 15) is 8.78 Å². The fourth-order valence-electron chi connectivity index (χ4n) is 1.61. The summed E-state index contributed by atoms with van der Waals surface area (Å²) in [7, 11) is 0. The summed E-state index contributed by atoms with van der Waals surface area (Å²) in [6.45, 7) is 0. The molecule has 0 radical (unpaired) electrons. The lowest BCUT2D eigenvalue weighted by molar-refractivity contribution is 0.582. The van der Waals surface area contributed by atoms with E-state index in [4.69, 9.17) is 11.6 Å². The molecule has 0 fully saturated rings. The molecule has 0 amide bonds. The highest BCUT2D eigenvalue weighted by Crippen LogP contribution is 2.37. The van der Waals surface area contributed by atoms with Crippen molar-refractivity contribution in [3.05, 3.63) is 65.6 Å². The average molecular weight is 522 g/mol. The van der Waals surface area contributed by atoms with Gasteiger partial charge in [-0.3, -0.25) is 0 Å². The van der Waals surface area contributed by atoms with Crippen molar-refractivity contribution in [2.75, 3.05) is 0 Å². The molecular formula is C13H6Br2ClF2I. The SMILES string of the molecule is Fc1cc(C(Cl)c2cc(I)ccc2Br)c(F)cc1Br. The number of halogens is 6. The summed E-state index contributed by atoms with van der Waals surface area (Å²) in [6, 6.07) is 7.77. The van der Waals surface area contributed by atoms with Crippen molar-refractivity contribution in [1.82, 2.24) is 0 Å². The lowest BCUT2D eigenvalue weighted by Gasteiger charge is -2.14. The predicted molar refractivity (Wildman–Crippen MR) is 88.6 cm³/mol. The van der Waals surface area contributed by atoms with E-state index >= 15 is 0 Å². The number of hydrogen-bond acceptors (Lipinski definition) is 0. The number of hydrogen-bond donors (Lipinski definition) is 0. The van der Waals surface area contributed by atoms with Crippen molar-refractivity contribution in [2.45, 2.75) is 5.38 Å². The van der Waals surface area contributed by atoms with Crippen LogP contribution >= 0.6 is 66.1 Å². The molecule has 0 spiro atoms. The van der Waals surface area contributed by atoms with E-state index in [0.717, 1.165) is 20.2 Å². The van der Waals surface area contributed by atoms with Crippen LogP contribution in [0.4, 0.5) is 8.78 Å². The highest BCUT2D eigenvalue weighted by molar-refractivity contribution is 14.1. The Morgan fingerprint density at radius 1 is 0.947 bits per heavy atom. The molecule has 6 heteroatoms. The molecule has 0 saturated carbocycles. The van der Waals surface area contributed by atoms with Gasteiger partial charge in [0.15, 0.2) is 0 Å². The van der Waals surface area contributed by atoms with Crippen molar-refractivity contribution in [1.29, 1.82) is 0 Å². The lowest BCUT2D eigenvalue weighted by Crippen LogP contribution is -2.00. The minimum absolute atomic E-state index is 0.0827. The Balaban J connectivity index is 2.52. The molecule has 2 rings (SSSR count). The van der Waals surface area contributed by atoms with E-state index in [2.05, 4.69) is 54.5 Å². The first-order valence-electron chi connectivity index (χ1n) is 5.13. The van der Waals surface area contributed by atoms with Gasteiger partial charge in [0.2, 0.25) is 0 Å². The first-order chi connectivity index (χ1) is 8.90. The number of rotatable bonds is 2. The maximum absolute atomic E-state index is 13.9. The average Bonchev–Trinajstić information content (AvgIpc) is 2.36. The van der Waals surface area contributed by atoms with Gasteiger partial charge in [-0.25, -0.2) is 8.78 Å². The van der Waals surface area contributed by atoms with Crippen molar-refractivity contribution in [2.24, 2.45) is 0 Å². The van der Waals surface area contributed by atoms with Gasteiger partial charge in [0.1, 0.15) is 11.6 Å². The van der Waals surface area contributed by atoms with Gasteiger partial charge in [-0.2, -0.15) is 0 Å². The first-order valence-corrected chi connectivity index (χ1v) is 8.23. The van der Waals surface area contributed by atoms with Gasteiger partial charge in [0.25, 0.3) is 0 Å². The van der Waals surface area contributed by atoms with E-state index < -0.39 is 17.0 Å². The van der Waals surface area contributed by atoms with Gasteiger partial charge in [-0.15, -0.1) is 11.6 Å². The molecule has 19 heavy (non-hydrogen) atoms. The van der Waals surface area contributed by atoms with Crippen molar-refractivity contribution >= 4 is 66.1 Å². The molecular weight excluding hydrogens is 516 g/mol. The third-order valence-electron chi connectivity index (χ3n) is 2.54. The summed E-state index contributed by atoms with van der Waals surface area (Å²) in [6.07, 6.45) is 0. The molecule has 0 aromatic heterocycles. The summed E-state index contributed by atoms with van der Waals surface area (Å²) in [5.41, 5.74) is 0.819. The molecule has 1 unspecified atom stereocenters. The van der Waals surface area contributed by atoms with Gasteiger partial charge in [-0.1, -0.05) is 15.9 Å². The van der Waals surface area contributed by atoms with Gasteiger partial charge >= 0.3 is 0 Å². The molecule has 0 heterocycles. The van der Waals surface area contributed by atoms with E-state index in [0.29, 0.717) is 5.56 Å². The van der Waals surface area contributed by atoms with E-state index in [-0.39, 0.29) is 10.0 Å². The van der Waals surface area contributed by atoms with Gasteiger partial charge in [0.05, 0.1) is 9.85 Å². The highest BCUT2D eigenvalue weighted by atomic mass is 127. The third kappa shape index (κ3) is 3.49. The number of benzene rings is 2. The standard InChI is InChI=1S/C13H6Br2ClF2I/c14-9-2-1-6(19)3-7(9)13(16)8-4-12(18)10(15)5-11(8)17/h1-5,13H. The monoisotopic (exact) mass is 520 g/mol. The molecule has 0 aliphatic heterocycles. The van der Waals surface area contributed by atoms with E-state index in [1.165, 1.54) is 0 Å². The molecule has 0 nitrogen and oxygen atoms in total. The van der Waals surface area contributed by atoms with Crippen LogP contribution in [-0.2, 0) is 0 Å². The zero-order chi connectivity index (χ0) is 14.2. The summed E-state index contributed by atoms with van der Waals surface area (Å²) in [5.74, 6) is -1.08. The van der Waals surface area contributed by atoms with Crippen LogP contribution in [0.15, 0.2) is 39.3 Å². The molecule has 0 saturated heterocycles. The van der Waals surface area contributed by atoms with Crippen LogP contribution in [0.2, 0.25) is 0 Å². The second-order valence-electron chi connectivity index (χ2n) is 3.82. The normalized spacial score (nSPS) is 12.5. The minimum atomic E-state index is -0.758. The molecule has 2 aromatic carbocycles. The van der Waals surface area contributed by atoms with Gasteiger partial charge in [0, 0.05) is 13.6 Å². The van der Waals surface area contributed by atoms with Crippen LogP contribution in [0.5, 0.6) is 0 Å². The zero-order valence-electron chi connectivity index (χ0n) is 9.23. The zero-order valence-corrected chi connectivity index (χ0v) is 15.3. The Morgan fingerprint density at radius 2 is 1.63 bits per heavy atom. The Labute approximate surface area is 144 Å². The van der Waals surface area contributed by atoms with Crippen LogP contribution < -0.4 is 0 Å². The maximum Gasteiger partial charge on any atom is 0.137 e. The van der Waals surface area contributed by atoms with Crippen LogP contribution in [0.3, 0.4) is 0 Å². The highest BCUT2D eigenvalue weighted by Gasteiger charge is 2.20. The molecule has 100 valence electrons. The van der Waals surface area contributed by atoms with Crippen LogP contribution in [-0.4, -0.2) is 0 Å². The van der Waals surface area contributed by atoms with Crippen molar-refractivity contribution in [3.63, 3.8) is 0 Å². The Hall–Kier alpha value is 0.280. The summed E-state index contributed by atoms with van der Waals surface area (Å²) >= 11 is 14.7. The van der Waals surface area contributed by atoms with Crippen LogP contribution in [0.25, 0.3) is 0 Å². The fourth-order valence-corrected chi connectivity index (χ4v) is 3.39. The molecule has 2 aromatic rings. The van der Waals surface area contributed by atoms with Crippen LogP contribution in [0, 0.1) is 15.2 Å². The lowest BCUT2D eigenvalue weighted by atomic mass is 10.0. The Morgan fingerprint density at radius 3 is 2.32 bits per heavy atom. The van der Waals surface area contributed by atoms with E-state index in [1.54, 1.807) is 0 Å². The Bertz CT molecular complexity index is 634. The summed E-state index contributed by atoms with van der Waals surface area (Å²) in [5, 5.41) is -0.758. The van der Waals surface area contributed by atoms with Gasteiger partial charge in [-0.05, 0) is 74.4 Å². The smallest absolute Gasteiger partial charge is 0.137 e. The second kappa shape index (κ2) is 6.37. The van der Waals surface area contributed by atoms with E-state index in [1.807, 2.05) is 18.2 Å². The summed E-state index contributed by atoms with van der Waals surface area (Å²) in [4.78, 5) is 0. The van der Waals surface area contributed by atoms with Crippen molar-refractivity contribution < 1.29 is 8.78 Å². The fraction of sp³-hybridized carbons (Fsp3) is 0.0769. The third-order valence-corrected chi connectivity index (χ3v) is 5.01. The minimum Gasteiger partial charge on any atom is -0.207 e.